The zero-order valence-corrected chi connectivity index (χ0v) is 18.8. The Bertz CT molecular complexity index is 853. The first-order valence-electron chi connectivity index (χ1n) is 10.4. The lowest BCUT2D eigenvalue weighted by molar-refractivity contribution is 0.120. The number of methoxy groups -OCH3 is 2. The summed E-state index contributed by atoms with van der Waals surface area (Å²) in [5.74, 6) is 1.41. The summed E-state index contributed by atoms with van der Waals surface area (Å²) in [6.45, 7) is 6.90. The van der Waals surface area contributed by atoms with Crippen molar-refractivity contribution >= 4 is 12.3 Å². The van der Waals surface area contributed by atoms with Crippen molar-refractivity contribution in [1.29, 1.82) is 0 Å². The van der Waals surface area contributed by atoms with E-state index < -0.39 is 12.3 Å². The van der Waals surface area contributed by atoms with Gasteiger partial charge in [-0.25, -0.2) is 9.59 Å². The summed E-state index contributed by atoms with van der Waals surface area (Å²) >= 11 is 0. The van der Waals surface area contributed by atoms with Gasteiger partial charge in [0.05, 0.1) is 14.2 Å². The van der Waals surface area contributed by atoms with Gasteiger partial charge in [0.15, 0.2) is 0 Å². The minimum atomic E-state index is -0.740. The first-order chi connectivity index (χ1) is 14.7. The lowest BCUT2D eigenvalue weighted by atomic mass is 9.55. The van der Waals surface area contributed by atoms with Gasteiger partial charge in [-0.2, -0.15) is 0 Å². The lowest BCUT2D eigenvalue weighted by Gasteiger charge is -2.48. The highest BCUT2D eigenvalue weighted by atomic mass is 16.7. The SMILES string of the molecule is COC(=O)Oc1ccc(C2(c3ccc(OC(=O)OC)cc3)CC(C)CC(C)(C)C2)cc1. The van der Waals surface area contributed by atoms with Gasteiger partial charge in [-0.3, -0.25) is 0 Å². The van der Waals surface area contributed by atoms with Gasteiger partial charge in [0.25, 0.3) is 0 Å². The minimum Gasteiger partial charge on any atom is -0.437 e. The molecule has 0 aliphatic heterocycles. The smallest absolute Gasteiger partial charge is 0.437 e. The van der Waals surface area contributed by atoms with Gasteiger partial charge in [0, 0.05) is 5.41 Å². The van der Waals surface area contributed by atoms with Gasteiger partial charge >= 0.3 is 12.3 Å². The molecule has 1 fully saturated rings. The minimum absolute atomic E-state index is 0.153. The summed E-state index contributed by atoms with van der Waals surface area (Å²) in [7, 11) is 2.57. The molecule has 0 heterocycles. The Morgan fingerprint density at radius 2 is 1.19 bits per heavy atom. The maximum Gasteiger partial charge on any atom is 0.513 e. The second-order valence-corrected chi connectivity index (χ2v) is 9.10. The number of hydrogen-bond acceptors (Lipinski definition) is 6. The van der Waals surface area contributed by atoms with Crippen molar-refractivity contribution in [3.8, 4) is 11.5 Å². The highest BCUT2D eigenvalue weighted by molar-refractivity contribution is 5.64. The Morgan fingerprint density at radius 1 is 0.774 bits per heavy atom. The Hall–Kier alpha value is -3.02. The number of rotatable bonds is 4. The van der Waals surface area contributed by atoms with E-state index in [0.717, 1.165) is 30.4 Å². The van der Waals surface area contributed by atoms with Gasteiger partial charge in [0.1, 0.15) is 11.5 Å². The van der Waals surface area contributed by atoms with E-state index in [0.29, 0.717) is 17.4 Å². The number of benzene rings is 2. The fourth-order valence-electron chi connectivity index (χ4n) is 5.14. The van der Waals surface area contributed by atoms with Crippen LogP contribution in [0.25, 0.3) is 0 Å². The van der Waals surface area contributed by atoms with E-state index in [-0.39, 0.29) is 10.8 Å². The molecule has 0 saturated heterocycles. The third-order valence-electron chi connectivity index (χ3n) is 5.93. The number of ether oxygens (including phenoxy) is 4. The third-order valence-corrected chi connectivity index (χ3v) is 5.93. The Labute approximate surface area is 183 Å². The molecule has 0 radical (unpaired) electrons. The first kappa shape index (κ1) is 22.7. The lowest BCUT2D eigenvalue weighted by Crippen LogP contribution is -2.41. The van der Waals surface area contributed by atoms with Crippen molar-refractivity contribution in [2.45, 2.75) is 45.4 Å². The van der Waals surface area contributed by atoms with E-state index in [1.54, 1.807) is 24.3 Å². The van der Waals surface area contributed by atoms with Gasteiger partial charge in [-0.15, -0.1) is 0 Å². The largest absolute Gasteiger partial charge is 0.513 e. The van der Waals surface area contributed by atoms with Crippen LogP contribution in [-0.2, 0) is 14.9 Å². The average molecular weight is 427 g/mol. The van der Waals surface area contributed by atoms with E-state index in [2.05, 4.69) is 30.2 Å². The molecule has 1 saturated carbocycles. The molecule has 0 aromatic heterocycles. The van der Waals surface area contributed by atoms with E-state index in [4.69, 9.17) is 9.47 Å². The van der Waals surface area contributed by atoms with Crippen LogP contribution >= 0.6 is 0 Å². The molecule has 31 heavy (non-hydrogen) atoms. The average Bonchev–Trinajstić information content (AvgIpc) is 2.73. The van der Waals surface area contributed by atoms with Crippen molar-refractivity contribution in [2.24, 2.45) is 11.3 Å². The molecule has 0 bridgehead atoms. The molecule has 0 amide bonds. The zero-order chi connectivity index (χ0) is 22.6. The van der Waals surface area contributed by atoms with Crippen LogP contribution in [0.4, 0.5) is 9.59 Å². The number of carbonyl (C=O) groups excluding carboxylic acids is 2. The number of carbonyl (C=O) groups is 2. The summed E-state index contributed by atoms with van der Waals surface area (Å²) in [6.07, 6.45) is 1.64. The molecule has 1 atom stereocenters. The molecular weight excluding hydrogens is 396 g/mol. The fraction of sp³-hybridized carbons (Fsp3) is 0.440. The predicted octanol–water partition coefficient (Wildman–Crippen LogP) is 6.11. The molecule has 6 nitrogen and oxygen atoms in total. The van der Waals surface area contributed by atoms with E-state index >= 15 is 0 Å². The van der Waals surface area contributed by atoms with Crippen molar-refractivity contribution in [3.05, 3.63) is 59.7 Å². The van der Waals surface area contributed by atoms with Crippen molar-refractivity contribution < 1.29 is 28.5 Å². The first-order valence-corrected chi connectivity index (χ1v) is 10.4. The van der Waals surface area contributed by atoms with Crippen LogP contribution in [0.2, 0.25) is 0 Å². The Balaban J connectivity index is 2.00. The van der Waals surface area contributed by atoms with Gasteiger partial charge in [-0.1, -0.05) is 45.0 Å². The third kappa shape index (κ3) is 5.19. The van der Waals surface area contributed by atoms with Crippen LogP contribution in [0.5, 0.6) is 11.5 Å². The Morgan fingerprint density at radius 3 is 1.55 bits per heavy atom. The van der Waals surface area contributed by atoms with Crippen LogP contribution in [0.15, 0.2) is 48.5 Å². The van der Waals surface area contributed by atoms with E-state index in [1.165, 1.54) is 14.2 Å². The topological polar surface area (TPSA) is 71.1 Å². The number of hydrogen-bond donors (Lipinski definition) is 0. The summed E-state index contributed by atoms with van der Waals surface area (Å²) in [4.78, 5) is 22.8. The maximum absolute atomic E-state index is 11.4. The van der Waals surface area contributed by atoms with Gasteiger partial charge in [-0.05, 0) is 66.0 Å². The maximum atomic E-state index is 11.4. The highest BCUT2D eigenvalue weighted by Crippen LogP contribution is 2.53. The Kier molecular flexibility index (Phi) is 6.58. The summed E-state index contributed by atoms with van der Waals surface area (Å²) < 4.78 is 19.4. The van der Waals surface area contributed by atoms with Crippen LogP contribution in [-0.4, -0.2) is 26.5 Å². The van der Waals surface area contributed by atoms with Crippen molar-refractivity contribution in [1.82, 2.24) is 0 Å². The monoisotopic (exact) mass is 426 g/mol. The molecule has 3 rings (SSSR count). The normalized spacial score (nSPS) is 19.2. The van der Waals surface area contributed by atoms with Crippen LogP contribution in [0.3, 0.4) is 0 Å². The molecule has 6 heteroatoms. The molecule has 0 N–H and O–H groups in total. The summed E-state index contributed by atoms with van der Waals surface area (Å²) in [6, 6.07) is 15.3. The second-order valence-electron chi connectivity index (χ2n) is 9.10. The zero-order valence-electron chi connectivity index (χ0n) is 18.8. The van der Waals surface area contributed by atoms with Crippen molar-refractivity contribution in [3.63, 3.8) is 0 Å². The summed E-state index contributed by atoms with van der Waals surface area (Å²) in [5.41, 5.74) is 2.26. The highest BCUT2D eigenvalue weighted by Gasteiger charge is 2.45. The van der Waals surface area contributed by atoms with Gasteiger partial charge in [0.2, 0.25) is 0 Å². The predicted molar refractivity (Wildman–Crippen MR) is 117 cm³/mol. The molecular formula is C25H30O6. The molecule has 1 unspecified atom stereocenters. The molecule has 1 aliphatic rings. The summed E-state index contributed by atoms with van der Waals surface area (Å²) in [5, 5.41) is 0. The van der Waals surface area contributed by atoms with Gasteiger partial charge < -0.3 is 18.9 Å². The fourth-order valence-corrected chi connectivity index (χ4v) is 5.14. The van der Waals surface area contributed by atoms with E-state index in [1.807, 2.05) is 24.3 Å². The molecule has 166 valence electrons. The molecule has 0 spiro atoms. The second kappa shape index (κ2) is 9.00. The quantitative estimate of drug-likeness (QED) is 0.434. The molecule has 1 aliphatic carbocycles. The van der Waals surface area contributed by atoms with E-state index in [9.17, 15) is 9.59 Å². The molecule has 2 aromatic rings. The molecule has 2 aromatic carbocycles. The van der Waals surface area contributed by atoms with Crippen LogP contribution in [0, 0.1) is 11.3 Å². The van der Waals surface area contributed by atoms with Crippen molar-refractivity contribution in [2.75, 3.05) is 14.2 Å². The standard InChI is InChI=1S/C25H30O6/c1-17-14-24(2,3)16-25(15-17,18-6-10-20(11-7-18)30-22(26)28-4)19-8-12-21(13-9-19)31-23(27)29-5/h6-13,17H,14-16H2,1-5H3. The van der Waals surface area contributed by atoms with Crippen LogP contribution < -0.4 is 9.47 Å². The van der Waals surface area contributed by atoms with Crippen LogP contribution in [0.1, 0.15) is 51.2 Å².